The number of hydrogen-bond donors (Lipinski definition) is 2. The number of nitrogens with one attached hydrogen (secondary N) is 2. The average molecular weight is 294 g/mol. The Morgan fingerprint density at radius 1 is 1.05 bits per heavy atom. The molecule has 114 valence electrons. The van der Waals surface area contributed by atoms with E-state index in [1.165, 1.54) is 19.3 Å². The smallest absolute Gasteiger partial charge is 0.255 e. The molecule has 1 unspecified atom stereocenters. The van der Waals surface area contributed by atoms with Crippen molar-refractivity contribution < 1.29 is 4.79 Å². The van der Waals surface area contributed by atoms with Crippen molar-refractivity contribution in [1.82, 2.24) is 5.32 Å². The maximum atomic E-state index is 12.5. The van der Waals surface area contributed by atoms with Crippen molar-refractivity contribution in [2.45, 2.75) is 31.7 Å². The Morgan fingerprint density at radius 2 is 1.82 bits per heavy atom. The van der Waals surface area contributed by atoms with Crippen LogP contribution in [-0.4, -0.2) is 18.5 Å². The molecule has 2 aromatic carbocycles. The van der Waals surface area contributed by atoms with Gasteiger partial charge in [0.2, 0.25) is 0 Å². The molecule has 0 spiro atoms. The van der Waals surface area contributed by atoms with Crippen LogP contribution in [0.3, 0.4) is 0 Å². The largest absolute Gasteiger partial charge is 0.322 e. The third kappa shape index (κ3) is 3.74. The Labute approximate surface area is 131 Å². The summed E-state index contributed by atoms with van der Waals surface area (Å²) in [5, 5.41) is 6.53. The third-order valence-electron chi connectivity index (χ3n) is 4.17. The van der Waals surface area contributed by atoms with Gasteiger partial charge >= 0.3 is 0 Å². The summed E-state index contributed by atoms with van der Waals surface area (Å²) >= 11 is 0. The van der Waals surface area contributed by atoms with Gasteiger partial charge in [-0.2, -0.15) is 0 Å². The van der Waals surface area contributed by atoms with Crippen LogP contribution in [0.15, 0.2) is 54.6 Å². The maximum Gasteiger partial charge on any atom is 0.255 e. The lowest BCUT2D eigenvalue weighted by Gasteiger charge is -2.24. The summed E-state index contributed by atoms with van der Waals surface area (Å²) in [7, 11) is 0. The molecule has 1 amide bonds. The molecule has 2 aromatic rings. The summed E-state index contributed by atoms with van der Waals surface area (Å²) in [6, 6.07) is 18.0. The second kappa shape index (κ2) is 7.23. The molecular formula is C19H22N2O. The summed E-state index contributed by atoms with van der Waals surface area (Å²) in [5.41, 5.74) is 2.73. The quantitative estimate of drug-likeness (QED) is 0.904. The molecule has 0 aliphatic carbocycles. The van der Waals surface area contributed by atoms with Crippen molar-refractivity contribution in [2.75, 3.05) is 11.9 Å². The Balaban J connectivity index is 1.74. The Morgan fingerprint density at radius 3 is 2.59 bits per heavy atom. The Bertz CT molecular complexity index is 618. The topological polar surface area (TPSA) is 41.1 Å². The molecule has 1 saturated heterocycles. The minimum atomic E-state index is -0.0300. The average Bonchev–Trinajstić information content (AvgIpc) is 2.57. The van der Waals surface area contributed by atoms with Crippen molar-refractivity contribution in [3.63, 3.8) is 0 Å². The zero-order valence-electron chi connectivity index (χ0n) is 12.7. The van der Waals surface area contributed by atoms with Gasteiger partial charge in [-0.05, 0) is 49.6 Å². The molecule has 1 atom stereocenters. The number of carbonyl (C=O) groups excluding carboxylic acids is 1. The van der Waals surface area contributed by atoms with Crippen LogP contribution in [0.1, 0.15) is 35.2 Å². The first-order valence-corrected chi connectivity index (χ1v) is 8.00. The van der Waals surface area contributed by atoms with Crippen LogP contribution in [0.25, 0.3) is 0 Å². The van der Waals surface area contributed by atoms with E-state index in [9.17, 15) is 4.79 Å². The summed E-state index contributed by atoms with van der Waals surface area (Å²) in [6.07, 6.45) is 4.63. The molecule has 2 N–H and O–H groups in total. The lowest BCUT2D eigenvalue weighted by atomic mass is 9.94. The summed E-state index contributed by atoms with van der Waals surface area (Å²) in [4.78, 5) is 12.5. The second-order valence-corrected chi connectivity index (χ2v) is 5.83. The van der Waals surface area contributed by atoms with Crippen LogP contribution >= 0.6 is 0 Å². The monoisotopic (exact) mass is 294 g/mol. The third-order valence-corrected chi connectivity index (χ3v) is 4.17. The molecule has 3 heteroatoms. The highest BCUT2D eigenvalue weighted by atomic mass is 16.1. The standard InChI is InChI=1S/C19H22N2O/c22-19(21-16-9-2-1-3-10-16)18-12-5-4-8-15(18)14-17-11-6-7-13-20-17/h1-5,8-10,12,17,20H,6-7,11,13-14H2,(H,21,22). The van der Waals surface area contributed by atoms with Crippen molar-refractivity contribution in [2.24, 2.45) is 0 Å². The number of amides is 1. The molecule has 0 saturated carbocycles. The summed E-state index contributed by atoms with van der Waals surface area (Å²) in [6.45, 7) is 1.09. The first-order valence-electron chi connectivity index (χ1n) is 8.00. The molecule has 3 rings (SSSR count). The number of rotatable bonds is 4. The van der Waals surface area contributed by atoms with Gasteiger partial charge in [0.05, 0.1) is 0 Å². The molecule has 1 aliphatic heterocycles. The molecule has 1 aliphatic rings. The number of carbonyl (C=O) groups is 1. The van der Waals surface area contributed by atoms with Gasteiger partial charge in [0.25, 0.3) is 5.91 Å². The SMILES string of the molecule is O=C(Nc1ccccc1)c1ccccc1CC1CCCCN1. The lowest BCUT2D eigenvalue weighted by Crippen LogP contribution is -2.36. The van der Waals surface area contributed by atoms with Gasteiger partial charge in [-0.3, -0.25) is 4.79 Å². The summed E-state index contributed by atoms with van der Waals surface area (Å²) < 4.78 is 0. The zero-order chi connectivity index (χ0) is 15.2. The van der Waals surface area contributed by atoms with Gasteiger partial charge in [-0.25, -0.2) is 0 Å². The van der Waals surface area contributed by atoms with Crippen molar-refractivity contribution >= 4 is 11.6 Å². The van der Waals surface area contributed by atoms with E-state index in [-0.39, 0.29) is 5.91 Å². The fourth-order valence-electron chi connectivity index (χ4n) is 3.00. The van der Waals surface area contributed by atoms with E-state index >= 15 is 0 Å². The normalized spacial score (nSPS) is 17.9. The van der Waals surface area contributed by atoms with Crippen molar-refractivity contribution in [3.8, 4) is 0 Å². The van der Waals surface area contributed by atoms with Gasteiger partial charge in [-0.15, -0.1) is 0 Å². The lowest BCUT2D eigenvalue weighted by molar-refractivity contribution is 0.102. The van der Waals surface area contributed by atoms with Gasteiger partial charge in [-0.1, -0.05) is 42.8 Å². The maximum absolute atomic E-state index is 12.5. The fraction of sp³-hybridized carbons (Fsp3) is 0.316. The number of anilines is 1. The number of hydrogen-bond acceptors (Lipinski definition) is 2. The van der Waals surface area contributed by atoms with Gasteiger partial charge in [0.15, 0.2) is 0 Å². The molecule has 0 aromatic heterocycles. The van der Waals surface area contributed by atoms with E-state index in [1.54, 1.807) is 0 Å². The Kier molecular flexibility index (Phi) is 4.86. The first-order chi connectivity index (χ1) is 10.8. The predicted molar refractivity (Wildman–Crippen MR) is 90.2 cm³/mol. The van der Waals surface area contributed by atoms with Crippen LogP contribution < -0.4 is 10.6 Å². The highest BCUT2D eigenvalue weighted by Crippen LogP contribution is 2.18. The van der Waals surface area contributed by atoms with Crippen LogP contribution in [0.4, 0.5) is 5.69 Å². The molecular weight excluding hydrogens is 272 g/mol. The van der Waals surface area contributed by atoms with Gasteiger partial charge in [0.1, 0.15) is 0 Å². The van der Waals surface area contributed by atoms with E-state index in [0.29, 0.717) is 6.04 Å². The van der Waals surface area contributed by atoms with Crippen LogP contribution in [0.2, 0.25) is 0 Å². The first kappa shape index (κ1) is 14.8. The van der Waals surface area contributed by atoms with E-state index in [1.807, 2.05) is 48.5 Å². The van der Waals surface area contributed by atoms with E-state index in [0.717, 1.165) is 29.8 Å². The van der Waals surface area contributed by atoms with Crippen LogP contribution in [0, 0.1) is 0 Å². The minimum absolute atomic E-state index is 0.0300. The zero-order valence-corrected chi connectivity index (χ0v) is 12.7. The van der Waals surface area contributed by atoms with Crippen molar-refractivity contribution in [1.29, 1.82) is 0 Å². The molecule has 1 heterocycles. The van der Waals surface area contributed by atoms with Crippen molar-refractivity contribution in [3.05, 3.63) is 65.7 Å². The summed E-state index contributed by atoms with van der Waals surface area (Å²) in [5.74, 6) is -0.0300. The van der Waals surface area contributed by atoms with Gasteiger partial charge < -0.3 is 10.6 Å². The van der Waals surface area contributed by atoms with Crippen LogP contribution in [0.5, 0.6) is 0 Å². The second-order valence-electron chi connectivity index (χ2n) is 5.83. The minimum Gasteiger partial charge on any atom is -0.322 e. The molecule has 0 radical (unpaired) electrons. The molecule has 0 bridgehead atoms. The number of benzene rings is 2. The highest BCUT2D eigenvalue weighted by Gasteiger charge is 2.17. The number of piperidine rings is 1. The Hall–Kier alpha value is -2.13. The fourth-order valence-corrected chi connectivity index (χ4v) is 3.00. The predicted octanol–water partition coefficient (Wildman–Crippen LogP) is 3.62. The van der Waals surface area contributed by atoms with Gasteiger partial charge in [0, 0.05) is 17.3 Å². The highest BCUT2D eigenvalue weighted by molar-refractivity contribution is 6.05. The molecule has 1 fully saturated rings. The molecule has 22 heavy (non-hydrogen) atoms. The van der Waals surface area contributed by atoms with Crippen LogP contribution in [-0.2, 0) is 6.42 Å². The van der Waals surface area contributed by atoms with E-state index in [4.69, 9.17) is 0 Å². The number of para-hydroxylation sites is 1. The van der Waals surface area contributed by atoms with E-state index < -0.39 is 0 Å². The molecule has 3 nitrogen and oxygen atoms in total. The van der Waals surface area contributed by atoms with E-state index in [2.05, 4.69) is 16.7 Å².